The summed E-state index contributed by atoms with van der Waals surface area (Å²) in [6.45, 7) is 3.21. The minimum absolute atomic E-state index is 0.988. The Morgan fingerprint density at radius 3 is 2.33 bits per heavy atom. The minimum Gasteiger partial charge on any atom is -0.305 e. The molecule has 0 spiro atoms. The molecule has 0 aliphatic carbocycles. The number of thiophene rings is 1. The van der Waals surface area contributed by atoms with E-state index in [0.717, 1.165) is 6.54 Å². The highest BCUT2D eigenvalue weighted by molar-refractivity contribution is 7.11. The number of hydrogen-bond acceptors (Lipinski definition) is 2. The lowest BCUT2D eigenvalue weighted by molar-refractivity contribution is 0.446. The van der Waals surface area contributed by atoms with Crippen LogP contribution in [0.25, 0.3) is 5.57 Å². The van der Waals surface area contributed by atoms with E-state index in [-0.39, 0.29) is 0 Å². The maximum atomic E-state index is 2.22. The second-order valence-corrected chi connectivity index (χ2v) is 5.68. The van der Waals surface area contributed by atoms with Gasteiger partial charge in [-0.3, -0.25) is 0 Å². The van der Waals surface area contributed by atoms with Crippen LogP contribution >= 0.6 is 11.3 Å². The third-order valence-corrected chi connectivity index (χ3v) is 3.70. The van der Waals surface area contributed by atoms with Gasteiger partial charge in [-0.1, -0.05) is 42.0 Å². The van der Waals surface area contributed by atoms with Crippen molar-refractivity contribution in [2.24, 2.45) is 0 Å². The molecule has 0 radical (unpaired) electrons. The zero-order valence-corrected chi connectivity index (χ0v) is 12.0. The van der Waals surface area contributed by atoms with Crippen LogP contribution in [-0.4, -0.2) is 25.5 Å². The number of hydrogen-bond donors (Lipinski definition) is 0. The second-order valence-electron chi connectivity index (χ2n) is 4.74. The van der Waals surface area contributed by atoms with Crippen molar-refractivity contribution in [1.29, 1.82) is 0 Å². The van der Waals surface area contributed by atoms with Crippen LogP contribution < -0.4 is 0 Å². The van der Waals surface area contributed by atoms with E-state index < -0.39 is 0 Å². The highest BCUT2D eigenvalue weighted by atomic mass is 32.1. The first-order valence-corrected chi connectivity index (χ1v) is 7.00. The van der Waals surface area contributed by atoms with E-state index in [4.69, 9.17) is 0 Å². The average molecular weight is 257 g/mol. The first-order valence-electron chi connectivity index (χ1n) is 6.12. The zero-order valence-electron chi connectivity index (χ0n) is 11.2. The summed E-state index contributed by atoms with van der Waals surface area (Å²) in [5.41, 5.74) is 4.09. The first kappa shape index (κ1) is 13.1. The Hall–Kier alpha value is -1.38. The Bertz CT molecular complexity index is 509. The highest BCUT2D eigenvalue weighted by Crippen LogP contribution is 2.30. The standard InChI is InChI=1S/C16H19NS/c1-13(12-17(2)3)16(15-10-7-11-18-15)14-8-5-4-6-9-14/h4-11H,12H2,1-3H3/b16-13+. The zero-order chi connectivity index (χ0) is 13.0. The van der Waals surface area contributed by atoms with Crippen LogP contribution in [0.15, 0.2) is 53.4 Å². The maximum absolute atomic E-state index is 2.22. The van der Waals surface area contributed by atoms with Crippen LogP contribution in [-0.2, 0) is 0 Å². The Kier molecular flexibility index (Phi) is 4.34. The van der Waals surface area contributed by atoms with E-state index >= 15 is 0 Å². The fraction of sp³-hybridized carbons (Fsp3) is 0.250. The van der Waals surface area contributed by atoms with Crippen molar-refractivity contribution in [1.82, 2.24) is 4.90 Å². The van der Waals surface area contributed by atoms with Crippen molar-refractivity contribution in [2.75, 3.05) is 20.6 Å². The molecule has 0 N–H and O–H groups in total. The molecule has 2 aromatic rings. The van der Waals surface area contributed by atoms with E-state index in [1.54, 1.807) is 11.3 Å². The van der Waals surface area contributed by atoms with Crippen molar-refractivity contribution < 1.29 is 0 Å². The molecule has 0 aliphatic rings. The van der Waals surface area contributed by atoms with Gasteiger partial charge in [-0.25, -0.2) is 0 Å². The van der Waals surface area contributed by atoms with Crippen molar-refractivity contribution in [3.05, 3.63) is 63.9 Å². The molecule has 0 saturated heterocycles. The average Bonchev–Trinajstić information content (AvgIpc) is 2.83. The molecule has 0 unspecified atom stereocenters. The fourth-order valence-corrected chi connectivity index (χ4v) is 3.05. The largest absolute Gasteiger partial charge is 0.305 e. The monoisotopic (exact) mass is 257 g/mol. The van der Waals surface area contributed by atoms with E-state index in [2.05, 4.69) is 73.8 Å². The highest BCUT2D eigenvalue weighted by Gasteiger charge is 2.10. The molecule has 94 valence electrons. The van der Waals surface area contributed by atoms with Crippen LogP contribution in [0, 0.1) is 0 Å². The maximum Gasteiger partial charge on any atom is 0.0348 e. The predicted molar refractivity (Wildman–Crippen MR) is 81.0 cm³/mol. The SMILES string of the molecule is C/C(CN(C)C)=C(/c1ccccc1)c1cccs1. The molecule has 0 bridgehead atoms. The summed E-state index contributed by atoms with van der Waals surface area (Å²) >= 11 is 1.80. The molecule has 0 atom stereocenters. The van der Waals surface area contributed by atoms with Crippen LogP contribution in [0.2, 0.25) is 0 Å². The number of nitrogens with zero attached hydrogens (tertiary/aromatic N) is 1. The van der Waals surface area contributed by atoms with Crippen molar-refractivity contribution in [2.45, 2.75) is 6.92 Å². The van der Waals surface area contributed by atoms with E-state index in [0.29, 0.717) is 0 Å². The van der Waals surface area contributed by atoms with Gasteiger partial charge in [0.2, 0.25) is 0 Å². The number of likely N-dealkylation sites (N-methyl/N-ethyl adjacent to an activating group) is 1. The first-order chi connectivity index (χ1) is 8.68. The van der Waals surface area contributed by atoms with E-state index in [1.807, 2.05) is 0 Å². The smallest absolute Gasteiger partial charge is 0.0348 e. The third kappa shape index (κ3) is 3.09. The van der Waals surface area contributed by atoms with E-state index in [1.165, 1.54) is 21.6 Å². The summed E-state index contributed by atoms with van der Waals surface area (Å²) in [6, 6.07) is 15.0. The molecule has 1 nitrogen and oxygen atoms in total. The normalized spacial score (nSPS) is 12.7. The molecular weight excluding hydrogens is 238 g/mol. The summed E-state index contributed by atoms with van der Waals surface area (Å²) in [5.74, 6) is 0. The molecule has 0 fully saturated rings. The van der Waals surface area contributed by atoms with Gasteiger partial charge in [-0.15, -0.1) is 11.3 Å². The Labute approximate surface area is 113 Å². The second kappa shape index (κ2) is 5.98. The lowest BCUT2D eigenvalue weighted by atomic mass is 9.99. The van der Waals surface area contributed by atoms with Gasteiger partial charge in [0.15, 0.2) is 0 Å². The molecule has 2 heteroatoms. The Balaban J connectivity index is 2.48. The molecular formula is C16H19NS. The predicted octanol–water partition coefficient (Wildman–Crippen LogP) is 4.13. The summed E-state index contributed by atoms with van der Waals surface area (Å²) < 4.78 is 0. The Morgan fingerprint density at radius 1 is 1.06 bits per heavy atom. The van der Waals surface area contributed by atoms with Crippen LogP contribution in [0.5, 0.6) is 0 Å². The van der Waals surface area contributed by atoms with Gasteiger partial charge < -0.3 is 4.90 Å². The van der Waals surface area contributed by atoms with E-state index in [9.17, 15) is 0 Å². The lowest BCUT2D eigenvalue weighted by Gasteiger charge is -2.15. The lowest BCUT2D eigenvalue weighted by Crippen LogP contribution is -2.15. The van der Waals surface area contributed by atoms with Gasteiger partial charge in [-0.05, 0) is 43.6 Å². The molecule has 1 aromatic heterocycles. The van der Waals surface area contributed by atoms with Gasteiger partial charge in [0.1, 0.15) is 0 Å². The molecule has 1 heterocycles. The van der Waals surface area contributed by atoms with Crippen molar-refractivity contribution in [3.8, 4) is 0 Å². The summed E-state index contributed by atoms with van der Waals surface area (Å²) in [7, 11) is 4.22. The van der Waals surface area contributed by atoms with Crippen LogP contribution in [0.3, 0.4) is 0 Å². The number of rotatable bonds is 4. The van der Waals surface area contributed by atoms with Gasteiger partial charge in [-0.2, -0.15) is 0 Å². The Morgan fingerprint density at radius 2 is 1.78 bits per heavy atom. The van der Waals surface area contributed by atoms with Crippen molar-refractivity contribution in [3.63, 3.8) is 0 Å². The summed E-state index contributed by atoms with van der Waals surface area (Å²) in [4.78, 5) is 3.56. The summed E-state index contributed by atoms with van der Waals surface area (Å²) in [6.07, 6.45) is 0. The molecule has 0 aliphatic heterocycles. The quantitative estimate of drug-likeness (QED) is 0.796. The minimum atomic E-state index is 0.988. The molecule has 0 saturated carbocycles. The van der Waals surface area contributed by atoms with Gasteiger partial charge in [0.05, 0.1) is 0 Å². The van der Waals surface area contributed by atoms with Gasteiger partial charge in [0, 0.05) is 11.4 Å². The third-order valence-electron chi connectivity index (χ3n) is 2.81. The molecule has 1 aromatic carbocycles. The summed E-state index contributed by atoms with van der Waals surface area (Å²) in [5, 5.41) is 2.14. The van der Waals surface area contributed by atoms with Crippen LogP contribution in [0.4, 0.5) is 0 Å². The van der Waals surface area contributed by atoms with Crippen molar-refractivity contribution >= 4 is 16.9 Å². The van der Waals surface area contributed by atoms with Crippen LogP contribution in [0.1, 0.15) is 17.4 Å². The topological polar surface area (TPSA) is 3.24 Å². The van der Waals surface area contributed by atoms with Gasteiger partial charge in [0.25, 0.3) is 0 Å². The molecule has 0 amide bonds. The van der Waals surface area contributed by atoms with Gasteiger partial charge >= 0.3 is 0 Å². The fourth-order valence-electron chi connectivity index (χ4n) is 2.18. The molecule has 18 heavy (non-hydrogen) atoms. The molecule has 2 rings (SSSR count). The number of benzene rings is 1.